The average Bonchev–Trinajstić information content (AvgIpc) is 3.16. The zero-order valence-electron chi connectivity index (χ0n) is 19.5. The van der Waals surface area contributed by atoms with Crippen LogP contribution >= 0.6 is 11.8 Å². The number of carbonyl (C=O) groups is 3. The first kappa shape index (κ1) is 24.3. The molecule has 0 aliphatic carbocycles. The summed E-state index contributed by atoms with van der Waals surface area (Å²) in [5, 5.41) is 4.09. The molecule has 1 saturated heterocycles. The molecule has 184 valence electrons. The van der Waals surface area contributed by atoms with Gasteiger partial charge in [0.25, 0.3) is 11.1 Å². The van der Waals surface area contributed by atoms with Crippen molar-refractivity contribution >= 4 is 51.4 Å². The number of amides is 3. The lowest BCUT2D eigenvalue weighted by Crippen LogP contribution is -2.36. The Labute approximate surface area is 216 Å². The van der Waals surface area contributed by atoms with Gasteiger partial charge in [-0.2, -0.15) is 0 Å². The predicted octanol–water partition coefficient (Wildman–Crippen LogP) is 6.23. The van der Waals surface area contributed by atoms with Crippen molar-refractivity contribution in [3.8, 4) is 5.75 Å². The first-order valence-electron chi connectivity index (χ1n) is 11.5. The molecule has 0 aromatic heterocycles. The fourth-order valence-corrected chi connectivity index (χ4v) is 4.78. The Morgan fingerprint density at radius 1 is 0.919 bits per heavy atom. The number of para-hydroxylation sites is 1. The van der Waals surface area contributed by atoms with Crippen molar-refractivity contribution in [2.24, 2.45) is 0 Å². The second kappa shape index (κ2) is 10.7. The third kappa shape index (κ3) is 5.39. The number of benzene rings is 4. The quantitative estimate of drug-likeness (QED) is 0.297. The maximum absolute atomic E-state index is 14.0. The van der Waals surface area contributed by atoms with E-state index >= 15 is 0 Å². The molecule has 0 atom stereocenters. The maximum atomic E-state index is 14.0. The first-order chi connectivity index (χ1) is 18.0. The van der Waals surface area contributed by atoms with Crippen molar-refractivity contribution in [2.75, 3.05) is 11.9 Å². The lowest BCUT2D eigenvalue weighted by Gasteiger charge is -2.13. The highest BCUT2D eigenvalue weighted by molar-refractivity contribution is 8.18. The second-order valence-corrected chi connectivity index (χ2v) is 9.25. The van der Waals surface area contributed by atoms with Gasteiger partial charge in [-0.25, -0.2) is 4.39 Å². The van der Waals surface area contributed by atoms with Crippen LogP contribution < -0.4 is 10.1 Å². The zero-order chi connectivity index (χ0) is 25.8. The summed E-state index contributed by atoms with van der Waals surface area (Å²) in [6.07, 6.45) is 1.55. The van der Waals surface area contributed by atoms with Crippen molar-refractivity contribution in [2.45, 2.75) is 6.61 Å². The molecule has 6 nitrogen and oxygen atoms in total. The molecule has 37 heavy (non-hydrogen) atoms. The van der Waals surface area contributed by atoms with Crippen LogP contribution in [-0.2, 0) is 16.2 Å². The third-order valence-electron chi connectivity index (χ3n) is 5.79. The second-order valence-electron chi connectivity index (χ2n) is 8.26. The summed E-state index contributed by atoms with van der Waals surface area (Å²) in [5.41, 5.74) is 1.56. The van der Waals surface area contributed by atoms with Crippen LogP contribution in [-0.4, -0.2) is 28.5 Å². The minimum absolute atomic E-state index is 0.00729. The van der Waals surface area contributed by atoms with Crippen LogP contribution in [0.25, 0.3) is 16.8 Å². The average molecular weight is 513 g/mol. The van der Waals surface area contributed by atoms with Crippen LogP contribution in [0.1, 0.15) is 11.1 Å². The minimum atomic E-state index is -0.563. The lowest BCUT2D eigenvalue weighted by atomic mass is 10.1. The summed E-state index contributed by atoms with van der Waals surface area (Å²) in [4.78, 5) is 39.4. The fourth-order valence-electron chi connectivity index (χ4n) is 3.95. The monoisotopic (exact) mass is 512 g/mol. The molecule has 0 radical (unpaired) electrons. The number of thioether (sulfide) groups is 1. The number of imide groups is 1. The molecule has 1 aliphatic rings. The molecule has 1 heterocycles. The standard InChI is InChI=1S/C29H21FN2O4S/c30-23-13-5-2-10-21(23)18-36-25-15-6-3-9-20(25)16-26-28(34)32(29(35)37-26)17-27(33)31-24-14-7-11-19-8-1-4-12-22(19)24/h1-16H,17-18H2,(H,31,33)/b26-16+. The van der Waals surface area contributed by atoms with Crippen LogP contribution in [0.4, 0.5) is 14.9 Å². The summed E-state index contributed by atoms with van der Waals surface area (Å²) in [5.74, 6) is -0.977. The van der Waals surface area contributed by atoms with E-state index < -0.39 is 23.6 Å². The highest BCUT2D eigenvalue weighted by Crippen LogP contribution is 2.34. The molecule has 0 spiro atoms. The Balaban J connectivity index is 1.29. The van der Waals surface area contributed by atoms with Crippen LogP contribution in [0.5, 0.6) is 5.75 Å². The van der Waals surface area contributed by atoms with Gasteiger partial charge >= 0.3 is 0 Å². The van der Waals surface area contributed by atoms with Gasteiger partial charge < -0.3 is 10.1 Å². The summed E-state index contributed by atoms with van der Waals surface area (Å²) < 4.78 is 19.8. The maximum Gasteiger partial charge on any atom is 0.294 e. The van der Waals surface area contributed by atoms with E-state index in [4.69, 9.17) is 4.74 Å². The number of hydrogen-bond acceptors (Lipinski definition) is 5. The van der Waals surface area contributed by atoms with E-state index in [0.29, 0.717) is 22.6 Å². The number of anilines is 1. The van der Waals surface area contributed by atoms with Gasteiger partial charge in [-0.15, -0.1) is 0 Å². The zero-order valence-corrected chi connectivity index (χ0v) is 20.3. The van der Waals surface area contributed by atoms with E-state index in [1.165, 1.54) is 6.07 Å². The van der Waals surface area contributed by atoms with Gasteiger partial charge in [-0.1, -0.05) is 72.8 Å². The molecule has 3 amide bonds. The minimum Gasteiger partial charge on any atom is -0.488 e. The first-order valence-corrected chi connectivity index (χ1v) is 12.3. The summed E-state index contributed by atoms with van der Waals surface area (Å²) in [7, 11) is 0. The number of carbonyl (C=O) groups excluding carboxylic acids is 3. The normalized spacial score (nSPS) is 14.4. The van der Waals surface area contributed by atoms with Gasteiger partial charge in [-0.3, -0.25) is 19.3 Å². The van der Waals surface area contributed by atoms with Gasteiger partial charge in [0.1, 0.15) is 24.7 Å². The number of halogens is 1. The summed E-state index contributed by atoms with van der Waals surface area (Å²) in [6, 6.07) is 26.4. The van der Waals surface area contributed by atoms with Gasteiger partial charge in [0, 0.05) is 22.2 Å². The van der Waals surface area contributed by atoms with Gasteiger partial charge in [0.15, 0.2) is 0 Å². The number of hydrogen-bond donors (Lipinski definition) is 1. The van der Waals surface area contributed by atoms with Gasteiger partial charge in [0.2, 0.25) is 5.91 Å². The molecule has 0 bridgehead atoms. The topological polar surface area (TPSA) is 75.7 Å². The van der Waals surface area contributed by atoms with Crippen LogP contribution in [0.15, 0.2) is 95.9 Å². The van der Waals surface area contributed by atoms with Crippen molar-refractivity contribution in [1.82, 2.24) is 4.90 Å². The molecule has 0 unspecified atom stereocenters. The van der Waals surface area contributed by atoms with E-state index in [1.807, 2.05) is 36.4 Å². The Kier molecular flexibility index (Phi) is 7.00. The Hall–Kier alpha value is -4.43. The molecule has 1 fully saturated rings. The largest absolute Gasteiger partial charge is 0.488 e. The Morgan fingerprint density at radius 2 is 1.65 bits per heavy atom. The van der Waals surface area contributed by atoms with Gasteiger partial charge in [-0.05, 0) is 41.4 Å². The third-order valence-corrected chi connectivity index (χ3v) is 6.69. The molecule has 1 N–H and O–H groups in total. The van der Waals surface area contributed by atoms with E-state index in [9.17, 15) is 18.8 Å². The van der Waals surface area contributed by atoms with Crippen molar-refractivity contribution in [3.05, 3.63) is 113 Å². The number of fused-ring (bicyclic) bond motifs is 1. The summed E-state index contributed by atoms with van der Waals surface area (Å²) in [6.45, 7) is -0.399. The van der Waals surface area contributed by atoms with E-state index in [2.05, 4.69) is 5.32 Å². The van der Waals surface area contributed by atoms with E-state index in [1.54, 1.807) is 54.6 Å². The molecule has 4 aromatic carbocycles. The number of nitrogens with zero attached hydrogens (tertiary/aromatic N) is 1. The Morgan fingerprint density at radius 3 is 2.51 bits per heavy atom. The number of rotatable bonds is 7. The molecular formula is C29H21FN2O4S. The van der Waals surface area contributed by atoms with Crippen molar-refractivity contribution in [1.29, 1.82) is 0 Å². The lowest BCUT2D eigenvalue weighted by molar-refractivity contribution is -0.127. The number of nitrogens with one attached hydrogen (secondary N) is 1. The van der Waals surface area contributed by atoms with Crippen molar-refractivity contribution in [3.63, 3.8) is 0 Å². The number of ether oxygens (including phenoxy) is 1. The SMILES string of the molecule is O=C(CN1C(=O)S/C(=C/c2ccccc2OCc2ccccc2F)C1=O)Nc1cccc2ccccc12. The molecular weight excluding hydrogens is 491 g/mol. The highest BCUT2D eigenvalue weighted by atomic mass is 32.2. The smallest absolute Gasteiger partial charge is 0.294 e. The molecule has 5 rings (SSSR count). The van der Waals surface area contributed by atoms with E-state index in [0.717, 1.165) is 27.4 Å². The Bertz CT molecular complexity index is 1550. The fraction of sp³-hybridized carbons (Fsp3) is 0.0690. The predicted molar refractivity (Wildman–Crippen MR) is 142 cm³/mol. The van der Waals surface area contributed by atoms with Crippen LogP contribution in [0, 0.1) is 5.82 Å². The van der Waals surface area contributed by atoms with Crippen LogP contribution in [0.2, 0.25) is 0 Å². The van der Waals surface area contributed by atoms with Gasteiger partial charge in [0.05, 0.1) is 4.91 Å². The van der Waals surface area contributed by atoms with Crippen molar-refractivity contribution < 1.29 is 23.5 Å². The van der Waals surface area contributed by atoms with Crippen LogP contribution in [0.3, 0.4) is 0 Å². The highest BCUT2D eigenvalue weighted by Gasteiger charge is 2.36. The molecule has 1 aliphatic heterocycles. The molecule has 0 saturated carbocycles. The summed E-state index contributed by atoms with van der Waals surface area (Å²) >= 11 is 0.756. The molecule has 8 heteroatoms. The molecule has 4 aromatic rings. The van der Waals surface area contributed by atoms with E-state index in [-0.39, 0.29) is 17.3 Å².